The summed E-state index contributed by atoms with van der Waals surface area (Å²) in [5.74, 6) is 0. The zero-order valence-electron chi connectivity index (χ0n) is 8.59. The number of nitrogens with one attached hydrogen (secondary N) is 1. The minimum Gasteiger partial charge on any atom is -0.305 e. The molecule has 0 atom stereocenters. The monoisotopic (exact) mass is 203 g/mol. The molecule has 2 rings (SSSR count). The summed E-state index contributed by atoms with van der Waals surface area (Å²) in [6, 6.07) is 5.89. The molecule has 0 saturated heterocycles. The van der Waals surface area contributed by atoms with Gasteiger partial charge in [-0.3, -0.25) is 9.67 Å². The van der Waals surface area contributed by atoms with E-state index in [4.69, 9.17) is 0 Å². The van der Waals surface area contributed by atoms with Gasteiger partial charge in [0.15, 0.2) is 0 Å². The van der Waals surface area contributed by atoms with Crippen LogP contribution in [-0.4, -0.2) is 20.0 Å². The van der Waals surface area contributed by atoms with Gasteiger partial charge in [-0.2, -0.15) is 0 Å². The summed E-state index contributed by atoms with van der Waals surface area (Å²) in [5, 5.41) is 10.9. The van der Waals surface area contributed by atoms with E-state index in [1.165, 1.54) is 0 Å². The van der Waals surface area contributed by atoms with E-state index in [9.17, 15) is 0 Å². The van der Waals surface area contributed by atoms with Crippen LogP contribution in [0.15, 0.2) is 30.6 Å². The molecule has 0 aliphatic heterocycles. The number of pyridine rings is 1. The van der Waals surface area contributed by atoms with Gasteiger partial charge in [-0.25, -0.2) is 0 Å². The minimum atomic E-state index is 0.750. The predicted octanol–water partition coefficient (Wildman–Crippen LogP) is 0.500. The number of nitrogens with zero attached hydrogens (tertiary/aromatic N) is 4. The highest BCUT2D eigenvalue weighted by Crippen LogP contribution is 1.95. The first-order chi connectivity index (χ1) is 7.36. The standard InChI is InChI=1S/C10H13N5/c1-15-10(8-13-14-15)7-11-6-9-4-2-3-5-12-9/h2-5,8,11H,6-7H2,1H3. The van der Waals surface area contributed by atoms with Crippen molar-refractivity contribution in [2.45, 2.75) is 13.1 Å². The van der Waals surface area contributed by atoms with E-state index in [0.717, 1.165) is 24.5 Å². The van der Waals surface area contributed by atoms with E-state index in [0.29, 0.717) is 0 Å². The van der Waals surface area contributed by atoms with Crippen LogP contribution in [0.1, 0.15) is 11.4 Å². The van der Waals surface area contributed by atoms with E-state index in [-0.39, 0.29) is 0 Å². The van der Waals surface area contributed by atoms with Gasteiger partial charge >= 0.3 is 0 Å². The molecule has 1 N–H and O–H groups in total. The van der Waals surface area contributed by atoms with Gasteiger partial charge in [0.05, 0.1) is 17.6 Å². The van der Waals surface area contributed by atoms with Crippen molar-refractivity contribution in [2.75, 3.05) is 0 Å². The Kier molecular flexibility index (Phi) is 3.04. The Balaban J connectivity index is 1.83. The third kappa shape index (κ3) is 2.60. The first-order valence-electron chi connectivity index (χ1n) is 4.80. The lowest BCUT2D eigenvalue weighted by Gasteiger charge is -2.03. The van der Waals surface area contributed by atoms with Gasteiger partial charge in [-0.05, 0) is 12.1 Å². The number of aryl methyl sites for hydroxylation is 1. The Morgan fingerprint density at radius 2 is 2.27 bits per heavy atom. The lowest BCUT2D eigenvalue weighted by Crippen LogP contribution is -2.15. The van der Waals surface area contributed by atoms with E-state index in [2.05, 4.69) is 20.6 Å². The van der Waals surface area contributed by atoms with Crippen molar-refractivity contribution in [1.29, 1.82) is 0 Å². The molecule has 2 heterocycles. The van der Waals surface area contributed by atoms with Crippen LogP contribution in [-0.2, 0) is 20.1 Å². The van der Waals surface area contributed by atoms with Crippen LogP contribution in [0, 0.1) is 0 Å². The molecular weight excluding hydrogens is 190 g/mol. The molecule has 0 aromatic carbocycles. The molecule has 2 aromatic rings. The third-order valence-electron chi connectivity index (χ3n) is 2.15. The van der Waals surface area contributed by atoms with Gasteiger partial charge in [0, 0.05) is 26.3 Å². The fraction of sp³-hybridized carbons (Fsp3) is 0.300. The Labute approximate surface area is 88.1 Å². The molecule has 15 heavy (non-hydrogen) atoms. The van der Waals surface area contributed by atoms with Gasteiger partial charge in [-0.15, -0.1) is 5.10 Å². The summed E-state index contributed by atoms with van der Waals surface area (Å²) in [6.45, 7) is 1.51. The molecule has 5 heteroatoms. The van der Waals surface area contributed by atoms with Gasteiger partial charge in [-0.1, -0.05) is 11.3 Å². The molecule has 0 bridgehead atoms. The van der Waals surface area contributed by atoms with Crippen molar-refractivity contribution >= 4 is 0 Å². The molecule has 5 nitrogen and oxygen atoms in total. The van der Waals surface area contributed by atoms with Gasteiger partial charge in [0.25, 0.3) is 0 Å². The molecule has 0 aliphatic carbocycles. The van der Waals surface area contributed by atoms with Crippen LogP contribution in [0.5, 0.6) is 0 Å². The second-order valence-electron chi connectivity index (χ2n) is 3.27. The number of hydrogen-bond donors (Lipinski definition) is 1. The summed E-state index contributed by atoms with van der Waals surface area (Å²) in [7, 11) is 1.88. The quantitative estimate of drug-likeness (QED) is 0.786. The van der Waals surface area contributed by atoms with Crippen LogP contribution < -0.4 is 5.32 Å². The average molecular weight is 203 g/mol. The Morgan fingerprint density at radius 3 is 2.93 bits per heavy atom. The van der Waals surface area contributed by atoms with Crippen molar-refractivity contribution in [3.63, 3.8) is 0 Å². The zero-order valence-corrected chi connectivity index (χ0v) is 8.59. The summed E-state index contributed by atoms with van der Waals surface area (Å²) in [6.07, 6.45) is 3.55. The fourth-order valence-corrected chi connectivity index (χ4v) is 1.29. The Hall–Kier alpha value is -1.75. The van der Waals surface area contributed by atoms with Gasteiger partial charge < -0.3 is 5.32 Å². The van der Waals surface area contributed by atoms with Crippen LogP contribution >= 0.6 is 0 Å². The molecular formula is C10H13N5. The first kappa shape index (κ1) is 9.79. The van der Waals surface area contributed by atoms with Crippen LogP contribution in [0.3, 0.4) is 0 Å². The van der Waals surface area contributed by atoms with E-state index in [1.54, 1.807) is 17.1 Å². The predicted molar refractivity (Wildman–Crippen MR) is 55.8 cm³/mol. The van der Waals surface area contributed by atoms with Crippen molar-refractivity contribution in [3.8, 4) is 0 Å². The second-order valence-corrected chi connectivity index (χ2v) is 3.27. The lowest BCUT2D eigenvalue weighted by molar-refractivity contribution is 0.612. The molecule has 0 aliphatic rings. The maximum atomic E-state index is 4.22. The molecule has 0 unspecified atom stereocenters. The summed E-state index contributed by atoms with van der Waals surface area (Å²) in [5.41, 5.74) is 2.10. The zero-order chi connectivity index (χ0) is 10.5. The topological polar surface area (TPSA) is 55.6 Å². The smallest absolute Gasteiger partial charge is 0.0738 e. The number of rotatable bonds is 4. The van der Waals surface area contributed by atoms with Crippen LogP contribution in [0.25, 0.3) is 0 Å². The third-order valence-corrected chi connectivity index (χ3v) is 2.15. The van der Waals surface area contributed by atoms with Gasteiger partial charge in [0.1, 0.15) is 0 Å². The average Bonchev–Trinajstić information content (AvgIpc) is 2.66. The molecule has 78 valence electrons. The molecule has 0 spiro atoms. The van der Waals surface area contributed by atoms with Crippen molar-refractivity contribution in [2.24, 2.45) is 7.05 Å². The maximum Gasteiger partial charge on any atom is 0.0738 e. The van der Waals surface area contributed by atoms with E-state index >= 15 is 0 Å². The second kappa shape index (κ2) is 4.65. The molecule has 2 aromatic heterocycles. The van der Waals surface area contributed by atoms with Crippen molar-refractivity contribution in [3.05, 3.63) is 42.0 Å². The number of hydrogen-bond acceptors (Lipinski definition) is 4. The molecule has 0 saturated carbocycles. The minimum absolute atomic E-state index is 0.750. The molecule has 0 radical (unpaired) electrons. The summed E-state index contributed by atoms with van der Waals surface area (Å²) in [4.78, 5) is 4.22. The molecule has 0 fully saturated rings. The first-order valence-corrected chi connectivity index (χ1v) is 4.80. The van der Waals surface area contributed by atoms with E-state index in [1.807, 2.05) is 25.2 Å². The van der Waals surface area contributed by atoms with Crippen molar-refractivity contribution in [1.82, 2.24) is 25.3 Å². The lowest BCUT2D eigenvalue weighted by atomic mass is 10.3. The Morgan fingerprint density at radius 1 is 1.33 bits per heavy atom. The van der Waals surface area contributed by atoms with E-state index < -0.39 is 0 Å². The van der Waals surface area contributed by atoms with Crippen molar-refractivity contribution < 1.29 is 0 Å². The highest BCUT2D eigenvalue weighted by atomic mass is 15.4. The summed E-state index contributed by atoms with van der Waals surface area (Å²) < 4.78 is 1.76. The van der Waals surface area contributed by atoms with Crippen LogP contribution in [0.2, 0.25) is 0 Å². The normalized spacial score (nSPS) is 10.5. The maximum absolute atomic E-state index is 4.22. The Bertz CT molecular complexity index is 409. The fourth-order valence-electron chi connectivity index (χ4n) is 1.29. The van der Waals surface area contributed by atoms with Crippen LogP contribution in [0.4, 0.5) is 0 Å². The highest BCUT2D eigenvalue weighted by molar-refractivity contribution is 5.03. The molecule has 0 amide bonds. The number of aromatic nitrogens is 4. The van der Waals surface area contributed by atoms with Gasteiger partial charge in [0.2, 0.25) is 0 Å². The summed E-state index contributed by atoms with van der Waals surface area (Å²) >= 11 is 0. The SMILES string of the molecule is Cn1nncc1CNCc1ccccn1. The highest BCUT2D eigenvalue weighted by Gasteiger charge is 1.98. The largest absolute Gasteiger partial charge is 0.305 e.